The van der Waals surface area contributed by atoms with Crippen LogP contribution in [0.1, 0.15) is 32.0 Å². The number of alkyl carbamates (subject to hydrolysis) is 1. The van der Waals surface area contributed by atoms with E-state index in [4.69, 9.17) is 25.8 Å². The van der Waals surface area contributed by atoms with Gasteiger partial charge in [-0.1, -0.05) is 17.7 Å². The van der Waals surface area contributed by atoms with Gasteiger partial charge >= 0.3 is 6.09 Å². The number of benzene rings is 2. The Morgan fingerprint density at radius 2 is 1.87 bits per heavy atom. The molecule has 2 heterocycles. The number of rotatable bonds is 8. The standard InChI is InChI=1S/C29H30ClN5O4/c1-18-6-9-21(15-31-18)38-26-11-8-20(14-24(26)30)35-27-23-13-19(7-10-25(23)33-17-34-27)12-22(37-5)16-32-28(36)39-29(2,3)4/h6-15,17H,16H2,1-5H3,(H,32,36)(H,33,34,35)/b22-12+. The zero-order valence-corrected chi connectivity index (χ0v) is 23.2. The Labute approximate surface area is 232 Å². The average molecular weight is 548 g/mol. The summed E-state index contributed by atoms with van der Waals surface area (Å²) in [5.41, 5.74) is 2.65. The lowest BCUT2D eigenvalue weighted by atomic mass is 10.1. The number of nitrogens with one attached hydrogen (secondary N) is 2. The van der Waals surface area contributed by atoms with E-state index in [0.29, 0.717) is 28.1 Å². The predicted molar refractivity (Wildman–Crippen MR) is 153 cm³/mol. The fraction of sp³-hybridized carbons (Fsp3) is 0.241. The van der Waals surface area contributed by atoms with Crippen molar-refractivity contribution < 1.29 is 19.0 Å². The van der Waals surface area contributed by atoms with E-state index in [1.165, 1.54) is 6.33 Å². The number of nitrogens with zero attached hydrogens (tertiary/aromatic N) is 3. The Balaban J connectivity index is 1.52. The van der Waals surface area contributed by atoms with E-state index >= 15 is 0 Å². The van der Waals surface area contributed by atoms with Gasteiger partial charge in [0.1, 0.15) is 35.0 Å². The zero-order valence-electron chi connectivity index (χ0n) is 22.4. The first-order chi connectivity index (χ1) is 18.6. The maximum atomic E-state index is 12.0. The van der Waals surface area contributed by atoms with E-state index in [9.17, 15) is 4.79 Å². The Kier molecular flexibility index (Phi) is 8.51. The van der Waals surface area contributed by atoms with Crippen LogP contribution < -0.4 is 15.4 Å². The van der Waals surface area contributed by atoms with E-state index in [-0.39, 0.29) is 6.54 Å². The summed E-state index contributed by atoms with van der Waals surface area (Å²) in [5.74, 6) is 2.27. The van der Waals surface area contributed by atoms with Crippen molar-refractivity contribution in [3.63, 3.8) is 0 Å². The molecule has 39 heavy (non-hydrogen) atoms. The maximum absolute atomic E-state index is 12.0. The largest absolute Gasteiger partial charge is 0.499 e. The van der Waals surface area contributed by atoms with Gasteiger partial charge in [-0.15, -0.1) is 0 Å². The molecule has 0 atom stereocenters. The lowest BCUT2D eigenvalue weighted by Crippen LogP contribution is -2.33. The highest BCUT2D eigenvalue weighted by molar-refractivity contribution is 6.32. The number of carbonyl (C=O) groups excluding carboxylic acids is 1. The van der Waals surface area contributed by atoms with E-state index in [0.717, 1.165) is 27.8 Å². The number of hydrogen-bond donors (Lipinski definition) is 2. The minimum absolute atomic E-state index is 0.172. The van der Waals surface area contributed by atoms with Crippen LogP contribution in [0.4, 0.5) is 16.3 Å². The highest BCUT2D eigenvalue weighted by atomic mass is 35.5. The number of fused-ring (bicyclic) bond motifs is 1. The molecule has 0 aliphatic carbocycles. The van der Waals surface area contributed by atoms with Crippen LogP contribution in [0.25, 0.3) is 17.0 Å². The summed E-state index contributed by atoms with van der Waals surface area (Å²) in [6.07, 6.45) is 4.46. The molecule has 2 aromatic heterocycles. The number of amides is 1. The average Bonchev–Trinajstić information content (AvgIpc) is 2.88. The minimum atomic E-state index is -0.584. The first kappa shape index (κ1) is 27.7. The van der Waals surface area contributed by atoms with Gasteiger partial charge in [-0.05, 0) is 81.8 Å². The zero-order chi connectivity index (χ0) is 28.0. The highest BCUT2D eigenvalue weighted by Crippen LogP contribution is 2.33. The first-order valence-electron chi connectivity index (χ1n) is 12.2. The number of aryl methyl sites for hydroxylation is 1. The molecule has 1 amide bonds. The molecule has 4 rings (SSSR count). The molecule has 9 nitrogen and oxygen atoms in total. The number of aromatic nitrogens is 3. The Morgan fingerprint density at radius 3 is 2.56 bits per heavy atom. The van der Waals surface area contributed by atoms with Gasteiger partial charge in [0, 0.05) is 16.8 Å². The quantitative estimate of drug-likeness (QED) is 0.226. The second-order valence-corrected chi connectivity index (χ2v) is 10.1. The molecule has 202 valence electrons. The van der Waals surface area contributed by atoms with Gasteiger partial charge in [-0.25, -0.2) is 14.8 Å². The second-order valence-electron chi connectivity index (χ2n) is 9.68. The molecular formula is C29H30ClN5O4. The van der Waals surface area contributed by atoms with Crippen LogP contribution in [-0.4, -0.2) is 40.3 Å². The Hall–Kier alpha value is -4.37. The van der Waals surface area contributed by atoms with Gasteiger partial charge in [0.15, 0.2) is 0 Å². The maximum Gasteiger partial charge on any atom is 0.408 e. The van der Waals surface area contributed by atoms with E-state index in [2.05, 4.69) is 25.6 Å². The molecule has 4 aromatic rings. The van der Waals surface area contributed by atoms with Crippen molar-refractivity contribution in [2.24, 2.45) is 0 Å². The van der Waals surface area contributed by atoms with Gasteiger partial charge in [-0.3, -0.25) is 4.98 Å². The lowest BCUT2D eigenvalue weighted by Gasteiger charge is -2.20. The van der Waals surface area contributed by atoms with Gasteiger partial charge in [0.2, 0.25) is 0 Å². The molecule has 10 heteroatoms. The molecular weight excluding hydrogens is 518 g/mol. The van der Waals surface area contributed by atoms with Crippen LogP contribution in [0.5, 0.6) is 11.5 Å². The van der Waals surface area contributed by atoms with E-state index in [1.807, 2.05) is 70.2 Å². The topological polar surface area (TPSA) is 107 Å². The normalized spacial score (nSPS) is 11.7. The smallest absolute Gasteiger partial charge is 0.408 e. The fourth-order valence-electron chi connectivity index (χ4n) is 3.54. The monoisotopic (exact) mass is 547 g/mol. The summed E-state index contributed by atoms with van der Waals surface area (Å²) in [5, 5.41) is 7.25. The summed E-state index contributed by atoms with van der Waals surface area (Å²) in [4.78, 5) is 25.1. The molecule has 0 saturated heterocycles. The van der Waals surface area contributed by atoms with Crippen LogP contribution in [0.2, 0.25) is 5.02 Å². The minimum Gasteiger partial charge on any atom is -0.499 e. The number of halogens is 1. The molecule has 2 N–H and O–H groups in total. The fourth-order valence-corrected chi connectivity index (χ4v) is 3.76. The number of ether oxygens (including phenoxy) is 3. The van der Waals surface area contributed by atoms with Crippen LogP contribution in [0.3, 0.4) is 0 Å². The van der Waals surface area contributed by atoms with Crippen molar-refractivity contribution >= 4 is 46.2 Å². The van der Waals surface area contributed by atoms with Gasteiger partial charge in [-0.2, -0.15) is 0 Å². The molecule has 0 unspecified atom stereocenters. The van der Waals surface area contributed by atoms with Crippen molar-refractivity contribution in [3.05, 3.63) is 83.1 Å². The predicted octanol–water partition coefficient (Wildman–Crippen LogP) is 7.03. The summed E-state index contributed by atoms with van der Waals surface area (Å²) < 4.78 is 16.6. The molecule has 0 bridgehead atoms. The van der Waals surface area contributed by atoms with Crippen LogP contribution >= 0.6 is 11.6 Å². The van der Waals surface area contributed by atoms with Crippen molar-refractivity contribution in [3.8, 4) is 11.5 Å². The number of pyridine rings is 1. The number of anilines is 2. The molecule has 0 aliphatic heterocycles. The molecule has 0 radical (unpaired) electrons. The van der Waals surface area contributed by atoms with Crippen molar-refractivity contribution in [1.29, 1.82) is 0 Å². The number of hydrogen-bond acceptors (Lipinski definition) is 8. The third kappa shape index (κ3) is 7.81. The van der Waals surface area contributed by atoms with Crippen LogP contribution in [0, 0.1) is 6.92 Å². The summed E-state index contributed by atoms with van der Waals surface area (Å²) in [6, 6.07) is 14.9. The van der Waals surface area contributed by atoms with Crippen molar-refractivity contribution in [1.82, 2.24) is 20.3 Å². The molecule has 2 aromatic carbocycles. The number of carbonyl (C=O) groups is 1. The third-order valence-corrected chi connectivity index (χ3v) is 5.66. The van der Waals surface area contributed by atoms with Crippen molar-refractivity contribution in [2.75, 3.05) is 19.0 Å². The summed E-state index contributed by atoms with van der Waals surface area (Å²) >= 11 is 6.50. The SMILES string of the molecule is CO/C(=C/c1ccc2ncnc(Nc3ccc(Oc4ccc(C)nc4)c(Cl)c3)c2c1)CNC(=O)OC(C)(C)C. The third-order valence-electron chi connectivity index (χ3n) is 5.36. The molecule has 0 aliphatic rings. The first-order valence-corrected chi connectivity index (χ1v) is 12.6. The molecule has 0 saturated carbocycles. The Bertz CT molecular complexity index is 1500. The number of methoxy groups -OCH3 is 1. The lowest BCUT2D eigenvalue weighted by molar-refractivity contribution is 0.0525. The van der Waals surface area contributed by atoms with Gasteiger partial charge < -0.3 is 24.8 Å². The van der Waals surface area contributed by atoms with E-state index < -0.39 is 11.7 Å². The van der Waals surface area contributed by atoms with Crippen molar-refractivity contribution in [2.45, 2.75) is 33.3 Å². The van der Waals surface area contributed by atoms with Crippen LogP contribution in [-0.2, 0) is 9.47 Å². The molecule has 0 fully saturated rings. The second kappa shape index (κ2) is 12.0. The van der Waals surface area contributed by atoms with Gasteiger partial charge in [0.05, 0.1) is 30.4 Å². The summed E-state index contributed by atoms with van der Waals surface area (Å²) in [6.45, 7) is 7.50. The van der Waals surface area contributed by atoms with Crippen LogP contribution in [0.15, 0.2) is 66.8 Å². The van der Waals surface area contributed by atoms with Gasteiger partial charge in [0.25, 0.3) is 0 Å². The summed E-state index contributed by atoms with van der Waals surface area (Å²) in [7, 11) is 1.55. The molecule has 0 spiro atoms. The Morgan fingerprint density at radius 1 is 1.05 bits per heavy atom. The highest BCUT2D eigenvalue weighted by Gasteiger charge is 2.16. The van der Waals surface area contributed by atoms with E-state index in [1.54, 1.807) is 25.4 Å².